The third kappa shape index (κ3) is 4.41. The molecule has 0 aliphatic rings. The summed E-state index contributed by atoms with van der Waals surface area (Å²) >= 11 is 0. The van der Waals surface area contributed by atoms with Gasteiger partial charge in [0.25, 0.3) is 5.91 Å². The largest absolute Gasteiger partial charge is 0.497 e. The van der Waals surface area contributed by atoms with E-state index in [0.29, 0.717) is 17.1 Å². The molecule has 0 saturated carbocycles. The minimum Gasteiger partial charge on any atom is -0.497 e. The molecule has 0 saturated heterocycles. The SMILES string of the molecule is COc1ccc2nc(C(=O)Nc3ccc(NC(=O)C(C)C)cc3)ccc2c1. The molecule has 1 heterocycles. The van der Waals surface area contributed by atoms with Crippen molar-refractivity contribution in [3.05, 3.63) is 60.3 Å². The highest BCUT2D eigenvalue weighted by Crippen LogP contribution is 2.20. The number of pyridine rings is 1. The van der Waals surface area contributed by atoms with Crippen molar-refractivity contribution in [3.8, 4) is 5.75 Å². The van der Waals surface area contributed by atoms with Crippen molar-refractivity contribution in [1.82, 2.24) is 4.98 Å². The normalized spacial score (nSPS) is 10.7. The van der Waals surface area contributed by atoms with Crippen LogP contribution in [0.5, 0.6) is 5.75 Å². The van der Waals surface area contributed by atoms with Gasteiger partial charge in [0.2, 0.25) is 5.91 Å². The Balaban J connectivity index is 1.71. The number of hydrogen-bond donors (Lipinski definition) is 2. The molecule has 2 N–H and O–H groups in total. The average molecular weight is 363 g/mol. The number of anilines is 2. The summed E-state index contributed by atoms with van der Waals surface area (Å²) in [5.74, 6) is 0.296. The molecular formula is C21H21N3O3. The lowest BCUT2D eigenvalue weighted by Crippen LogP contribution is -2.17. The molecule has 0 unspecified atom stereocenters. The number of rotatable bonds is 5. The maximum atomic E-state index is 12.5. The lowest BCUT2D eigenvalue weighted by Gasteiger charge is -2.09. The van der Waals surface area contributed by atoms with E-state index in [0.717, 1.165) is 16.7 Å². The van der Waals surface area contributed by atoms with Gasteiger partial charge in [0.05, 0.1) is 12.6 Å². The Labute approximate surface area is 157 Å². The molecule has 0 spiro atoms. The maximum absolute atomic E-state index is 12.5. The summed E-state index contributed by atoms with van der Waals surface area (Å²) < 4.78 is 5.19. The summed E-state index contributed by atoms with van der Waals surface area (Å²) in [6, 6.07) is 16.0. The van der Waals surface area contributed by atoms with Crippen molar-refractivity contribution < 1.29 is 14.3 Å². The van der Waals surface area contributed by atoms with Gasteiger partial charge in [-0.05, 0) is 48.5 Å². The molecule has 0 radical (unpaired) electrons. The first-order valence-corrected chi connectivity index (χ1v) is 8.63. The number of methoxy groups -OCH3 is 1. The van der Waals surface area contributed by atoms with E-state index in [2.05, 4.69) is 15.6 Å². The van der Waals surface area contributed by atoms with Crippen LogP contribution in [-0.4, -0.2) is 23.9 Å². The Hall–Kier alpha value is -3.41. The zero-order chi connectivity index (χ0) is 19.4. The monoisotopic (exact) mass is 363 g/mol. The summed E-state index contributed by atoms with van der Waals surface area (Å²) in [6.07, 6.45) is 0. The Morgan fingerprint density at radius 3 is 2.22 bits per heavy atom. The zero-order valence-corrected chi connectivity index (χ0v) is 15.4. The number of benzene rings is 2. The molecule has 138 valence electrons. The Morgan fingerprint density at radius 2 is 1.59 bits per heavy atom. The zero-order valence-electron chi connectivity index (χ0n) is 15.4. The van der Waals surface area contributed by atoms with E-state index in [-0.39, 0.29) is 17.7 Å². The van der Waals surface area contributed by atoms with Gasteiger partial charge in [-0.1, -0.05) is 19.9 Å². The fourth-order valence-corrected chi connectivity index (χ4v) is 2.48. The molecule has 27 heavy (non-hydrogen) atoms. The third-order valence-corrected chi connectivity index (χ3v) is 4.06. The van der Waals surface area contributed by atoms with Crippen LogP contribution in [0.1, 0.15) is 24.3 Å². The van der Waals surface area contributed by atoms with Crippen LogP contribution < -0.4 is 15.4 Å². The molecule has 0 fully saturated rings. The van der Waals surface area contributed by atoms with E-state index >= 15 is 0 Å². The number of hydrogen-bond acceptors (Lipinski definition) is 4. The van der Waals surface area contributed by atoms with Gasteiger partial charge in [0, 0.05) is 22.7 Å². The van der Waals surface area contributed by atoms with E-state index in [4.69, 9.17) is 4.74 Å². The van der Waals surface area contributed by atoms with Gasteiger partial charge in [-0.3, -0.25) is 9.59 Å². The molecule has 2 amide bonds. The molecule has 2 aromatic carbocycles. The van der Waals surface area contributed by atoms with E-state index < -0.39 is 0 Å². The smallest absolute Gasteiger partial charge is 0.274 e. The van der Waals surface area contributed by atoms with Crippen LogP contribution in [0.25, 0.3) is 10.9 Å². The summed E-state index contributed by atoms with van der Waals surface area (Å²) in [4.78, 5) is 28.6. The number of fused-ring (bicyclic) bond motifs is 1. The summed E-state index contributed by atoms with van der Waals surface area (Å²) in [5, 5.41) is 6.52. The van der Waals surface area contributed by atoms with Crippen molar-refractivity contribution >= 4 is 34.1 Å². The van der Waals surface area contributed by atoms with Crippen molar-refractivity contribution in [2.45, 2.75) is 13.8 Å². The summed E-state index contributed by atoms with van der Waals surface area (Å²) in [6.45, 7) is 3.66. The van der Waals surface area contributed by atoms with E-state index in [1.54, 1.807) is 43.5 Å². The van der Waals surface area contributed by atoms with Gasteiger partial charge in [0.1, 0.15) is 11.4 Å². The number of aromatic nitrogens is 1. The van der Waals surface area contributed by atoms with E-state index in [9.17, 15) is 9.59 Å². The second kappa shape index (κ2) is 7.86. The number of ether oxygens (including phenoxy) is 1. The van der Waals surface area contributed by atoms with Crippen LogP contribution in [0.3, 0.4) is 0 Å². The highest BCUT2D eigenvalue weighted by molar-refractivity contribution is 6.04. The first kappa shape index (κ1) is 18.4. The second-order valence-electron chi connectivity index (χ2n) is 6.43. The molecule has 0 atom stereocenters. The van der Waals surface area contributed by atoms with Gasteiger partial charge in [-0.2, -0.15) is 0 Å². The molecule has 0 aliphatic carbocycles. The molecule has 3 aromatic rings. The first-order chi connectivity index (χ1) is 13.0. The Morgan fingerprint density at radius 1 is 0.926 bits per heavy atom. The highest BCUT2D eigenvalue weighted by Gasteiger charge is 2.10. The average Bonchev–Trinajstić information content (AvgIpc) is 2.68. The van der Waals surface area contributed by atoms with Crippen LogP contribution in [0, 0.1) is 5.92 Å². The van der Waals surface area contributed by atoms with Crippen molar-refractivity contribution in [2.24, 2.45) is 5.92 Å². The van der Waals surface area contributed by atoms with Crippen LogP contribution >= 0.6 is 0 Å². The Kier molecular flexibility index (Phi) is 5.35. The number of nitrogens with one attached hydrogen (secondary N) is 2. The maximum Gasteiger partial charge on any atom is 0.274 e. The molecule has 3 rings (SSSR count). The van der Waals surface area contributed by atoms with Gasteiger partial charge >= 0.3 is 0 Å². The summed E-state index contributed by atoms with van der Waals surface area (Å²) in [7, 11) is 1.61. The van der Waals surface area contributed by atoms with Crippen LogP contribution in [0.2, 0.25) is 0 Å². The lowest BCUT2D eigenvalue weighted by molar-refractivity contribution is -0.118. The fourth-order valence-electron chi connectivity index (χ4n) is 2.48. The molecule has 0 bridgehead atoms. The van der Waals surface area contributed by atoms with Crippen LogP contribution in [0.4, 0.5) is 11.4 Å². The Bertz CT molecular complexity index is 982. The van der Waals surface area contributed by atoms with Gasteiger partial charge in [0.15, 0.2) is 0 Å². The molecule has 6 nitrogen and oxygen atoms in total. The topological polar surface area (TPSA) is 80.3 Å². The van der Waals surface area contributed by atoms with Crippen molar-refractivity contribution in [1.29, 1.82) is 0 Å². The lowest BCUT2D eigenvalue weighted by atomic mass is 10.2. The molecular weight excluding hydrogens is 342 g/mol. The number of carbonyl (C=O) groups is 2. The van der Waals surface area contributed by atoms with E-state index in [1.807, 2.05) is 32.0 Å². The molecule has 0 aliphatic heterocycles. The van der Waals surface area contributed by atoms with Crippen LogP contribution in [-0.2, 0) is 4.79 Å². The number of amides is 2. The van der Waals surface area contributed by atoms with Crippen LogP contribution in [0.15, 0.2) is 54.6 Å². The third-order valence-electron chi connectivity index (χ3n) is 4.06. The minimum atomic E-state index is -0.299. The first-order valence-electron chi connectivity index (χ1n) is 8.63. The standard InChI is InChI=1S/C21H21N3O3/c1-13(2)20(25)22-15-5-7-16(8-6-15)23-21(26)19-10-4-14-12-17(27-3)9-11-18(14)24-19/h4-13H,1-3H3,(H,22,25)(H,23,26). The van der Waals surface area contributed by atoms with Crippen molar-refractivity contribution in [3.63, 3.8) is 0 Å². The van der Waals surface area contributed by atoms with Gasteiger partial charge in [-0.15, -0.1) is 0 Å². The predicted molar refractivity (Wildman–Crippen MR) is 106 cm³/mol. The summed E-state index contributed by atoms with van der Waals surface area (Å²) in [5.41, 5.74) is 2.35. The molecule has 1 aromatic heterocycles. The van der Waals surface area contributed by atoms with E-state index in [1.165, 1.54) is 0 Å². The number of nitrogens with zero attached hydrogens (tertiary/aromatic N) is 1. The minimum absolute atomic E-state index is 0.0521. The second-order valence-corrected chi connectivity index (χ2v) is 6.43. The fraction of sp³-hybridized carbons (Fsp3) is 0.190. The van der Waals surface area contributed by atoms with Gasteiger partial charge < -0.3 is 15.4 Å². The number of carbonyl (C=O) groups excluding carboxylic acids is 2. The van der Waals surface area contributed by atoms with Gasteiger partial charge in [-0.25, -0.2) is 4.98 Å². The predicted octanol–water partition coefficient (Wildman–Crippen LogP) is 4.09. The molecule has 6 heteroatoms. The van der Waals surface area contributed by atoms with Crippen molar-refractivity contribution in [2.75, 3.05) is 17.7 Å². The quantitative estimate of drug-likeness (QED) is 0.715. The highest BCUT2D eigenvalue weighted by atomic mass is 16.5.